The van der Waals surface area contributed by atoms with Crippen LogP contribution in [0.4, 0.5) is 0 Å². The normalized spacial score (nSPS) is 15.3. The average Bonchev–Trinajstić information content (AvgIpc) is 3.65. The highest BCUT2D eigenvalue weighted by Gasteiger charge is 2.33. The number of hydrogen-bond donors (Lipinski definition) is 0. The largest absolute Gasteiger partial charge is 0.465 e. The fourth-order valence-electron chi connectivity index (χ4n) is 4.17. The number of thiophene rings is 1. The van der Waals surface area contributed by atoms with E-state index in [0.29, 0.717) is 37.7 Å². The first kappa shape index (κ1) is 25.9. The molecule has 0 saturated heterocycles. The number of hydrogen-bond acceptors (Lipinski definition) is 9. The standard InChI is InChI=1S/C27H21ClN2O6S2/c1-4-35-26(33)22-14(2)29-27-30(23(22)20-6-5-11-37-20)24(31)21(38-27)13-16-8-10-19(36-16)15-7-9-18(28)17(12-15)25(32)34-3/h5-13,23H,4H2,1-3H3/b21-13-/t23-/m0/s1. The third-order valence-corrected chi connectivity index (χ3v) is 8.12. The van der Waals surface area contributed by atoms with Crippen molar-refractivity contribution < 1.29 is 23.5 Å². The van der Waals surface area contributed by atoms with Gasteiger partial charge in [-0.15, -0.1) is 11.3 Å². The molecule has 1 aliphatic heterocycles. The van der Waals surface area contributed by atoms with Gasteiger partial charge in [0.2, 0.25) is 0 Å². The van der Waals surface area contributed by atoms with Crippen LogP contribution in [-0.4, -0.2) is 30.2 Å². The van der Waals surface area contributed by atoms with Gasteiger partial charge in [-0.25, -0.2) is 14.6 Å². The van der Waals surface area contributed by atoms with Gasteiger partial charge in [0, 0.05) is 16.5 Å². The fourth-order valence-corrected chi connectivity index (χ4v) is 6.21. The zero-order chi connectivity index (χ0) is 27.0. The molecule has 0 fully saturated rings. The van der Waals surface area contributed by atoms with Crippen molar-refractivity contribution in [2.75, 3.05) is 13.7 Å². The number of benzene rings is 1. The Morgan fingerprint density at radius 1 is 1.21 bits per heavy atom. The van der Waals surface area contributed by atoms with Crippen LogP contribution in [0.3, 0.4) is 0 Å². The van der Waals surface area contributed by atoms with Crippen molar-refractivity contribution in [3.05, 3.63) is 100 Å². The summed E-state index contributed by atoms with van der Waals surface area (Å²) in [5, 5.41) is 2.17. The molecule has 0 amide bonds. The molecule has 8 nitrogen and oxygen atoms in total. The average molecular weight is 569 g/mol. The zero-order valence-corrected chi connectivity index (χ0v) is 22.9. The quantitative estimate of drug-likeness (QED) is 0.316. The molecule has 4 aromatic rings. The van der Waals surface area contributed by atoms with Gasteiger partial charge in [-0.2, -0.15) is 0 Å². The smallest absolute Gasteiger partial charge is 0.339 e. The molecule has 38 heavy (non-hydrogen) atoms. The number of nitrogens with zero attached hydrogens (tertiary/aromatic N) is 2. The minimum Gasteiger partial charge on any atom is -0.465 e. The Bertz CT molecular complexity index is 1760. The van der Waals surface area contributed by atoms with Crippen molar-refractivity contribution in [3.63, 3.8) is 0 Å². The van der Waals surface area contributed by atoms with Crippen molar-refractivity contribution in [2.45, 2.75) is 19.9 Å². The number of carbonyl (C=O) groups excluding carboxylic acids is 2. The zero-order valence-electron chi connectivity index (χ0n) is 20.5. The first-order chi connectivity index (χ1) is 18.3. The van der Waals surface area contributed by atoms with Gasteiger partial charge in [0.25, 0.3) is 5.56 Å². The number of carbonyl (C=O) groups is 2. The maximum absolute atomic E-state index is 13.6. The number of rotatable bonds is 6. The van der Waals surface area contributed by atoms with Gasteiger partial charge in [-0.3, -0.25) is 9.36 Å². The first-order valence-electron chi connectivity index (χ1n) is 11.5. The number of halogens is 1. The van der Waals surface area contributed by atoms with Gasteiger partial charge < -0.3 is 13.9 Å². The number of furan rings is 1. The number of fused-ring (bicyclic) bond motifs is 1. The molecule has 1 aromatic carbocycles. The van der Waals surface area contributed by atoms with Crippen LogP contribution in [0, 0.1) is 0 Å². The number of aromatic nitrogens is 1. The predicted molar refractivity (Wildman–Crippen MR) is 145 cm³/mol. The van der Waals surface area contributed by atoms with E-state index in [1.807, 2.05) is 17.5 Å². The van der Waals surface area contributed by atoms with Crippen molar-refractivity contribution >= 4 is 52.3 Å². The third-order valence-electron chi connectivity index (χ3n) is 5.89. The Morgan fingerprint density at radius 2 is 2.03 bits per heavy atom. The highest BCUT2D eigenvalue weighted by molar-refractivity contribution is 7.10. The summed E-state index contributed by atoms with van der Waals surface area (Å²) in [7, 11) is 1.28. The van der Waals surface area contributed by atoms with E-state index >= 15 is 0 Å². The molecule has 3 aromatic heterocycles. The number of methoxy groups -OCH3 is 1. The van der Waals surface area contributed by atoms with E-state index in [-0.39, 0.29) is 22.8 Å². The molecule has 194 valence electrons. The van der Waals surface area contributed by atoms with Crippen LogP contribution in [-0.2, 0) is 14.3 Å². The summed E-state index contributed by atoms with van der Waals surface area (Å²) >= 11 is 8.80. The van der Waals surface area contributed by atoms with E-state index in [0.717, 1.165) is 4.88 Å². The van der Waals surface area contributed by atoms with Crippen LogP contribution in [0.15, 0.2) is 73.3 Å². The molecule has 0 N–H and O–H groups in total. The molecule has 5 rings (SSSR count). The Hall–Kier alpha value is -3.73. The number of esters is 2. The number of thiazole rings is 1. The monoisotopic (exact) mass is 568 g/mol. The van der Waals surface area contributed by atoms with Crippen molar-refractivity contribution in [2.24, 2.45) is 4.99 Å². The van der Waals surface area contributed by atoms with E-state index < -0.39 is 18.0 Å². The van der Waals surface area contributed by atoms with Gasteiger partial charge in [-0.1, -0.05) is 29.0 Å². The molecule has 0 radical (unpaired) electrons. The summed E-state index contributed by atoms with van der Waals surface area (Å²) in [6, 6.07) is 11.5. The van der Waals surface area contributed by atoms with E-state index in [1.54, 1.807) is 50.3 Å². The molecule has 0 bridgehead atoms. The summed E-state index contributed by atoms with van der Waals surface area (Å²) in [5.74, 6) is -0.120. The first-order valence-corrected chi connectivity index (χ1v) is 13.6. The fraction of sp³-hybridized carbons (Fsp3) is 0.185. The topological polar surface area (TPSA) is 100 Å². The molecule has 0 unspecified atom stereocenters. The van der Waals surface area contributed by atoms with Crippen LogP contribution in [0.2, 0.25) is 5.02 Å². The summed E-state index contributed by atoms with van der Waals surface area (Å²) in [5.41, 5.74) is 1.42. The molecule has 0 aliphatic carbocycles. The molecule has 11 heteroatoms. The van der Waals surface area contributed by atoms with Gasteiger partial charge in [-0.05, 0) is 55.6 Å². The highest BCUT2D eigenvalue weighted by atomic mass is 35.5. The lowest BCUT2D eigenvalue weighted by Crippen LogP contribution is -2.39. The lowest BCUT2D eigenvalue weighted by atomic mass is 10.0. The highest BCUT2D eigenvalue weighted by Crippen LogP contribution is 2.33. The molecule has 1 aliphatic rings. The number of allylic oxidation sites excluding steroid dienone is 1. The second-order valence-electron chi connectivity index (χ2n) is 8.21. The minimum atomic E-state index is -0.634. The van der Waals surface area contributed by atoms with Gasteiger partial charge in [0.1, 0.15) is 17.6 Å². The van der Waals surface area contributed by atoms with E-state index in [9.17, 15) is 14.4 Å². The Kier molecular flexibility index (Phi) is 7.20. The SMILES string of the molecule is CCOC(=O)C1=C(C)N=c2s/c(=C\c3ccc(-c4ccc(Cl)c(C(=O)OC)c4)o3)c(=O)n2[C@H]1c1cccs1. The molecular formula is C27H21ClN2O6S2. The summed E-state index contributed by atoms with van der Waals surface area (Å²) < 4.78 is 18.0. The number of ether oxygens (including phenoxy) is 2. The van der Waals surface area contributed by atoms with Crippen molar-refractivity contribution in [1.82, 2.24) is 4.57 Å². The maximum atomic E-state index is 13.6. The Morgan fingerprint density at radius 3 is 2.74 bits per heavy atom. The van der Waals surface area contributed by atoms with Crippen LogP contribution in [0.5, 0.6) is 0 Å². The molecule has 4 heterocycles. The molecular weight excluding hydrogens is 548 g/mol. The Balaban J connectivity index is 1.58. The summed E-state index contributed by atoms with van der Waals surface area (Å²) in [6.45, 7) is 3.70. The van der Waals surface area contributed by atoms with Gasteiger partial charge in [0.05, 0.1) is 40.1 Å². The lowest BCUT2D eigenvalue weighted by Gasteiger charge is -2.23. The van der Waals surface area contributed by atoms with E-state index in [4.69, 9.17) is 25.5 Å². The van der Waals surface area contributed by atoms with Crippen molar-refractivity contribution in [1.29, 1.82) is 0 Å². The summed E-state index contributed by atoms with van der Waals surface area (Å²) in [6.07, 6.45) is 1.64. The van der Waals surface area contributed by atoms with Gasteiger partial charge in [0.15, 0.2) is 4.80 Å². The molecule has 1 atom stereocenters. The summed E-state index contributed by atoms with van der Waals surface area (Å²) in [4.78, 5) is 44.4. The van der Waals surface area contributed by atoms with Crippen molar-refractivity contribution in [3.8, 4) is 11.3 Å². The maximum Gasteiger partial charge on any atom is 0.339 e. The van der Waals surface area contributed by atoms with Gasteiger partial charge >= 0.3 is 11.9 Å². The predicted octanol–water partition coefficient (Wildman–Crippen LogP) is 4.56. The van der Waals surface area contributed by atoms with Crippen LogP contribution in [0.1, 0.15) is 40.9 Å². The minimum absolute atomic E-state index is 0.215. The third kappa shape index (κ3) is 4.66. The van der Waals surface area contributed by atoms with Crippen LogP contribution < -0.4 is 14.9 Å². The second kappa shape index (κ2) is 10.6. The second-order valence-corrected chi connectivity index (χ2v) is 10.6. The van der Waals surface area contributed by atoms with Crippen LogP contribution >= 0.6 is 34.3 Å². The van der Waals surface area contributed by atoms with E-state index in [2.05, 4.69) is 4.99 Å². The lowest BCUT2D eigenvalue weighted by molar-refractivity contribution is -0.139. The van der Waals surface area contributed by atoms with Crippen LogP contribution in [0.25, 0.3) is 17.4 Å². The molecule has 0 spiro atoms. The van der Waals surface area contributed by atoms with E-state index in [1.165, 1.54) is 34.4 Å². The molecule has 0 saturated carbocycles. The Labute approximate surface area is 229 Å².